The van der Waals surface area contributed by atoms with Crippen LogP contribution in [0.15, 0.2) is 18.2 Å². The number of piperazine rings is 1. The van der Waals surface area contributed by atoms with Crippen molar-refractivity contribution in [1.29, 1.82) is 0 Å². The summed E-state index contributed by atoms with van der Waals surface area (Å²) in [4.78, 5) is 24.8. The first-order valence-electron chi connectivity index (χ1n) is 5.70. The number of carbonyl (C=O) groups excluding carboxylic acids is 1. The molecule has 2 N–H and O–H groups in total. The van der Waals surface area contributed by atoms with Crippen LogP contribution in [0, 0.1) is 0 Å². The molecule has 7 heteroatoms. The van der Waals surface area contributed by atoms with Gasteiger partial charge in [-0.25, -0.2) is 4.79 Å². The SMILES string of the molecule is O=C(O)C1CNCCN1C(=O)c1cc(Cl)ccc1Cl. The first kappa shape index (κ1) is 14.1. The number of carbonyl (C=O) groups is 2. The standard InChI is InChI=1S/C12H12Cl2N2O3/c13-7-1-2-9(14)8(5-7)11(17)16-4-3-15-6-10(16)12(18)19/h1-2,5,10,15H,3-4,6H2,(H,18,19). The molecule has 0 aromatic heterocycles. The van der Waals surface area contributed by atoms with Crippen molar-refractivity contribution in [3.8, 4) is 0 Å². The molecule has 1 amide bonds. The van der Waals surface area contributed by atoms with Gasteiger partial charge in [0.2, 0.25) is 0 Å². The molecule has 1 saturated heterocycles. The van der Waals surface area contributed by atoms with E-state index in [0.717, 1.165) is 0 Å². The Bertz CT molecular complexity index is 522. The Kier molecular flexibility index (Phi) is 4.29. The van der Waals surface area contributed by atoms with Crippen molar-refractivity contribution < 1.29 is 14.7 Å². The summed E-state index contributed by atoms with van der Waals surface area (Å²) >= 11 is 11.8. The van der Waals surface area contributed by atoms with E-state index in [1.54, 1.807) is 6.07 Å². The molecule has 1 aromatic carbocycles. The predicted molar refractivity (Wildman–Crippen MR) is 71.8 cm³/mol. The minimum atomic E-state index is -1.04. The van der Waals surface area contributed by atoms with E-state index in [-0.39, 0.29) is 17.1 Å². The van der Waals surface area contributed by atoms with Gasteiger partial charge in [-0.2, -0.15) is 0 Å². The van der Waals surface area contributed by atoms with Crippen LogP contribution in [-0.2, 0) is 4.79 Å². The molecule has 1 fully saturated rings. The molecule has 1 aliphatic heterocycles. The molecule has 19 heavy (non-hydrogen) atoms. The fourth-order valence-corrected chi connectivity index (χ4v) is 2.35. The topological polar surface area (TPSA) is 69.6 Å². The second kappa shape index (κ2) is 5.77. The van der Waals surface area contributed by atoms with Crippen LogP contribution in [0.5, 0.6) is 0 Å². The van der Waals surface area contributed by atoms with Gasteiger partial charge in [0, 0.05) is 24.7 Å². The number of hydrogen-bond donors (Lipinski definition) is 2. The van der Waals surface area contributed by atoms with Gasteiger partial charge in [0.1, 0.15) is 6.04 Å². The lowest BCUT2D eigenvalue weighted by Gasteiger charge is -2.33. The van der Waals surface area contributed by atoms with Crippen LogP contribution in [0.25, 0.3) is 0 Å². The zero-order chi connectivity index (χ0) is 14.0. The molecule has 1 aromatic rings. The van der Waals surface area contributed by atoms with E-state index in [0.29, 0.717) is 18.1 Å². The number of nitrogens with zero attached hydrogens (tertiary/aromatic N) is 1. The molecule has 0 bridgehead atoms. The summed E-state index contributed by atoms with van der Waals surface area (Å²) in [6.45, 7) is 1.09. The molecule has 0 radical (unpaired) electrons. The third kappa shape index (κ3) is 3.00. The molecule has 0 saturated carbocycles. The highest BCUT2D eigenvalue weighted by atomic mass is 35.5. The number of rotatable bonds is 2. The van der Waals surface area contributed by atoms with Gasteiger partial charge in [-0.15, -0.1) is 0 Å². The maximum absolute atomic E-state index is 12.4. The summed E-state index contributed by atoms with van der Waals surface area (Å²) in [5, 5.41) is 12.7. The van der Waals surface area contributed by atoms with Crippen molar-refractivity contribution in [1.82, 2.24) is 10.2 Å². The number of amides is 1. The summed E-state index contributed by atoms with van der Waals surface area (Å²) in [6, 6.07) is 3.66. The normalized spacial score (nSPS) is 19.3. The highest BCUT2D eigenvalue weighted by Gasteiger charge is 2.33. The zero-order valence-corrected chi connectivity index (χ0v) is 11.4. The minimum absolute atomic E-state index is 0.221. The van der Waals surface area contributed by atoms with Crippen LogP contribution < -0.4 is 5.32 Å². The molecule has 1 heterocycles. The fraction of sp³-hybridized carbons (Fsp3) is 0.333. The van der Waals surface area contributed by atoms with E-state index in [4.69, 9.17) is 28.3 Å². The highest BCUT2D eigenvalue weighted by molar-refractivity contribution is 6.35. The number of carboxylic acid groups (broad SMARTS) is 1. The third-order valence-corrected chi connectivity index (χ3v) is 3.51. The van der Waals surface area contributed by atoms with E-state index in [2.05, 4.69) is 5.32 Å². The lowest BCUT2D eigenvalue weighted by molar-refractivity contribution is -0.142. The van der Waals surface area contributed by atoms with Gasteiger partial charge < -0.3 is 15.3 Å². The molecular formula is C12H12Cl2N2O3. The second-order valence-electron chi connectivity index (χ2n) is 4.18. The molecule has 1 atom stereocenters. The Labute approximate surface area is 120 Å². The summed E-state index contributed by atoms with van der Waals surface area (Å²) in [7, 11) is 0. The Morgan fingerprint density at radius 2 is 2.11 bits per heavy atom. The van der Waals surface area contributed by atoms with Crippen molar-refractivity contribution in [2.24, 2.45) is 0 Å². The highest BCUT2D eigenvalue weighted by Crippen LogP contribution is 2.23. The van der Waals surface area contributed by atoms with E-state index in [1.807, 2.05) is 0 Å². The lowest BCUT2D eigenvalue weighted by atomic mass is 10.1. The van der Waals surface area contributed by atoms with Gasteiger partial charge in [-0.3, -0.25) is 4.79 Å². The van der Waals surface area contributed by atoms with Gasteiger partial charge in [-0.05, 0) is 18.2 Å². The van der Waals surface area contributed by atoms with Crippen LogP contribution in [0.3, 0.4) is 0 Å². The Hall–Kier alpha value is -1.30. The van der Waals surface area contributed by atoms with Gasteiger partial charge >= 0.3 is 5.97 Å². The predicted octanol–water partition coefficient (Wildman–Crippen LogP) is 1.49. The van der Waals surface area contributed by atoms with Gasteiger partial charge in [0.05, 0.1) is 10.6 Å². The van der Waals surface area contributed by atoms with Crippen LogP contribution in [-0.4, -0.2) is 47.6 Å². The van der Waals surface area contributed by atoms with Crippen molar-refractivity contribution in [2.75, 3.05) is 19.6 Å². The van der Waals surface area contributed by atoms with Crippen LogP contribution in [0.2, 0.25) is 10.0 Å². The summed E-state index contributed by atoms with van der Waals surface area (Å²) < 4.78 is 0. The Morgan fingerprint density at radius 1 is 1.37 bits per heavy atom. The average molecular weight is 303 g/mol. The summed E-state index contributed by atoms with van der Waals surface area (Å²) in [6.07, 6.45) is 0. The Balaban J connectivity index is 2.31. The quantitative estimate of drug-likeness (QED) is 0.868. The van der Waals surface area contributed by atoms with Gasteiger partial charge in [-0.1, -0.05) is 23.2 Å². The number of carboxylic acids is 1. The van der Waals surface area contributed by atoms with Crippen LogP contribution in [0.4, 0.5) is 0 Å². The van der Waals surface area contributed by atoms with Crippen molar-refractivity contribution in [3.63, 3.8) is 0 Å². The zero-order valence-electron chi connectivity index (χ0n) is 9.90. The Morgan fingerprint density at radius 3 is 2.79 bits per heavy atom. The molecule has 1 aliphatic rings. The van der Waals surface area contributed by atoms with E-state index < -0.39 is 17.9 Å². The van der Waals surface area contributed by atoms with E-state index >= 15 is 0 Å². The number of nitrogens with one attached hydrogen (secondary N) is 1. The number of benzene rings is 1. The van der Waals surface area contributed by atoms with Crippen molar-refractivity contribution in [2.45, 2.75) is 6.04 Å². The van der Waals surface area contributed by atoms with E-state index in [9.17, 15) is 9.59 Å². The maximum atomic E-state index is 12.4. The second-order valence-corrected chi connectivity index (χ2v) is 5.02. The van der Waals surface area contributed by atoms with Gasteiger partial charge in [0.25, 0.3) is 5.91 Å². The number of hydrogen-bond acceptors (Lipinski definition) is 3. The first-order chi connectivity index (χ1) is 9.00. The molecule has 102 valence electrons. The molecule has 1 unspecified atom stereocenters. The van der Waals surface area contributed by atoms with E-state index in [1.165, 1.54) is 17.0 Å². The van der Waals surface area contributed by atoms with Crippen molar-refractivity contribution in [3.05, 3.63) is 33.8 Å². The van der Waals surface area contributed by atoms with Crippen molar-refractivity contribution >= 4 is 35.1 Å². The average Bonchev–Trinajstić information content (AvgIpc) is 2.40. The lowest BCUT2D eigenvalue weighted by Crippen LogP contribution is -2.57. The maximum Gasteiger partial charge on any atom is 0.327 e. The number of aliphatic carboxylic acids is 1. The number of halogens is 2. The molecule has 2 rings (SSSR count). The first-order valence-corrected chi connectivity index (χ1v) is 6.46. The van der Waals surface area contributed by atoms with Gasteiger partial charge in [0.15, 0.2) is 0 Å². The van der Waals surface area contributed by atoms with Crippen LogP contribution >= 0.6 is 23.2 Å². The largest absolute Gasteiger partial charge is 0.480 e. The summed E-state index contributed by atoms with van der Waals surface area (Å²) in [5.41, 5.74) is 0.224. The molecule has 0 spiro atoms. The molecule has 5 nitrogen and oxygen atoms in total. The third-order valence-electron chi connectivity index (χ3n) is 2.95. The smallest absolute Gasteiger partial charge is 0.327 e. The molecular weight excluding hydrogens is 291 g/mol. The minimum Gasteiger partial charge on any atom is -0.480 e. The molecule has 0 aliphatic carbocycles. The van der Waals surface area contributed by atoms with Crippen LogP contribution in [0.1, 0.15) is 10.4 Å². The monoisotopic (exact) mass is 302 g/mol. The summed E-state index contributed by atoms with van der Waals surface area (Å²) in [5.74, 6) is -1.46. The fourth-order valence-electron chi connectivity index (χ4n) is 1.98.